The van der Waals surface area contributed by atoms with Crippen LogP contribution in [0.2, 0.25) is 0 Å². The lowest BCUT2D eigenvalue weighted by Gasteiger charge is -2.36. The van der Waals surface area contributed by atoms with Crippen molar-refractivity contribution in [1.29, 1.82) is 0 Å². The van der Waals surface area contributed by atoms with Gasteiger partial charge in [-0.15, -0.1) is 6.58 Å². The summed E-state index contributed by atoms with van der Waals surface area (Å²) in [6, 6.07) is 1.01. The van der Waals surface area contributed by atoms with Crippen LogP contribution >= 0.6 is 0 Å². The third-order valence-corrected chi connectivity index (χ3v) is 3.04. The molecule has 1 N–H and O–H groups in total. The smallest absolute Gasteiger partial charge is 0.206 e. The maximum atomic E-state index is 4.64. The fraction of sp³-hybridized carbons (Fsp3) is 0.615. The van der Waals surface area contributed by atoms with Gasteiger partial charge in [-0.1, -0.05) is 6.08 Å². The maximum Gasteiger partial charge on any atom is 0.206 e. The third-order valence-electron chi connectivity index (χ3n) is 3.04. The summed E-state index contributed by atoms with van der Waals surface area (Å²) in [5.41, 5.74) is 1.07. The minimum absolute atomic E-state index is 0.507. The average molecular weight is 234 g/mol. The first-order valence-electron chi connectivity index (χ1n) is 6.26. The fourth-order valence-electron chi connectivity index (χ4n) is 2.55. The van der Waals surface area contributed by atoms with E-state index in [0.29, 0.717) is 12.1 Å². The monoisotopic (exact) mass is 234 g/mol. The van der Waals surface area contributed by atoms with Crippen LogP contribution in [0.3, 0.4) is 0 Å². The SMILES string of the molecule is C=CCn1cc(C)nc1N1CC(C)NC(C)C1. The molecule has 2 heterocycles. The van der Waals surface area contributed by atoms with Crippen LogP contribution in [0.4, 0.5) is 5.95 Å². The summed E-state index contributed by atoms with van der Waals surface area (Å²) in [5, 5.41) is 3.54. The summed E-state index contributed by atoms with van der Waals surface area (Å²) in [6.45, 7) is 13.1. The Morgan fingerprint density at radius 3 is 2.71 bits per heavy atom. The van der Waals surface area contributed by atoms with Crippen LogP contribution in [-0.2, 0) is 6.54 Å². The van der Waals surface area contributed by atoms with E-state index in [2.05, 4.69) is 46.4 Å². The molecule has 0 amide bonds. The van der Waals surface area contributed by atoms with E-state index in [0.717, 1.165) is 31.3 Å². The second-order valence-electron chi connectivity index (χ2n) is 5.00. The van der Waals surface area contributed by atoms with Crippen molar-refractivity contribution in [3.05, 3.63) is 24.5 Å². The molecular formula is C13H22N4. The predicted molar refractivity (Wildman–Crippen MR) is 71.4 cm³/mol. The van der Waals surface area contributed by atoms with Gasteiger partial charge < -0.3 is 14.8 Å². The van der Waals surface area contributed by atoms with Gasteiger partial charge in [0.2, 0.25) is 5.95 Å². The Morgan fingerprint density at radius 1 is 1.47 bits per heavy atom. The van der Waals surface area contributed by atoms with E-state index in [1.807, 2.05) is 13.0 Å². The molecule has 1 aromatic rings. The van der Waals surface area contributed by atoms with Gasteiger partial charge in [0.1, 0.15) is 0 Å². The maximum absolute atomic E-state index is 4.64. The van der Waals surface area contributed by atoms with Gasteiger partial charge in [-0.25, -0.2) is 4.98 Å². The normalized spacial score (nSPS) is 25.0. The van der Waals surface area contributed by atoms with Crippen molar-refractivity contribution in [3.63, 3.8) is 0 Å². The zero-order chi connectivity index (χ0) is 12.4. The van der Waals surface area contributed by atoms with Crippen LogP contribution in [0.15, 0.2) is 18.9 Å². The number of nitrogens with zero attached hydrogens (tertiary/aromatic N) is 3. The number of piperazine rings is 1. The lowest BCUT2D eigenvalue weighted by Crippen LogP contribution is -2.55. The van der Waals surface area contributed by atoms with E-state index < -0.39 is 0 Å². The average Bonchev–Trinajstić information content (AvgIpc) is 2.58. The minimum atomic E-state index is 0.507. The van der Waals surface area contributed by atoms with Gasteiger partial charge in [-0.05, 0) is 20.8 Å². The Balaban J connectivity index is 2.22. The topological polar surface area (TPSA) is 33.1 Å². The molecule has 4 heteroatoms. The summed E-state index contributed by atoms with van der Waals surface area (Å²) >= 11 is 0. The highest BCUT2D eigenvalue weighted by molar-refractivity contribution is 5.35. The summed E-state index contributed by atoms with van der Waals surface area (Å²) in [7, 11) is 0. The number of anilines is 1. The lowest BCUT2D eigenvalue weighted by molar-refractivity contribution is 0.401. The molecule has 0 bridgehead atoms. The second kappa shape index (κ2) is 4.92. The largest absolute Gasteiger partial charge is 0.339 e. The number of hydrogen-bond donors (Lipinski definition) is 1. The van der Waals surface area contributed by atoms with Gasteiger partial charge in [0.15, 0.2) is 0 Å². The van der Waals surface area contributed by atoms with Crippen molar-refractivity contribution in [1.82, 2.24) is 14.9 Å². The number of hydrogen-bond acceptors (Lipinski definition) is 3. The third kappa shape index (κ3) is 2.69. The highest BCUT2D eigenvalue weighted by Crippen LogP contribution is 2.17. The summed E-state index contributed by atoms with van der Waals surface area (Å²) < 4.78 is 2.17. The van der Waals surface area contributed by atoms with Crippen LogP contribution in [0.25, 0.3) is 0 Å². The molecule has 0 aliphatic carbocycles. The molecule has 1 aliphatic rings. The molecule has 0 aromatic carbocycles. The number of allylic oxidation sites excluding steroid dienone is 1. The van der Waals surface area contributed by atoms with E-state index in [1.54, 1.807) is 0 Å². The second-order valence-corrected chi connectivity index (χ2v) is 5.00. The Labute approximate surface area is 103 Å². The van der Waals surface area contributed by atoms with Gasteiger partial charge in [-0.2, -0.15) is 0 Å². The van der Waals surface area contributed by atoms with Gasteiger partial charge in [0.25, 0.3) is 0 Å². The zero-order valence-corrected chi connectivity index (χ0v) is 11.0. The zero-order valence-electron chi connectivity index (χ0n) is 11.0. The number of imidazole rings is 1. The van der Waals surface area contributed by atoms with Crippen LogP contribution in [0.5, 0.6) is 0 Å². The first-order valence-corrected chi connectivity index (χ1v) is 6.26. The van der Waals surface area contributed by atoms with Crippen molar-refractivity contribution in [3.8, 4) is 0 Å². The molecule has 2 atom stereocenters. The minimum Gasteiger partial charge on any atom is -0.339 e. The molecule has 1 fully saturated rings. The Bertz CT molecular complexity index is 386. The molecule has 17 heavy (non-hydrogen) atoms. The van der Waals surface area contributed by atoms with E-state index in [-0.39, 0.29) is 0 Å². The lowest BCUT2D eigenvalue weighted by atomic mass is 10.1. The molecule has 2 rings (SSSR count). The Morgan fingerprint density at radius 2 is 2.12 bits per heavy atom. The fourth-order valence-corrected chi connectivity index (χ4v) is 2.55. The first-order chi connectivity index (χ1) is 8.10. The van der Waals surface area contributed by atoms with Crippen LogP contribution in [-0.4, -0.2) is 34.7 Å². The first kappa shape index (κ1) is 12.2. The van der Waals surface area contributed by atoms with E-state index in [4.69, 9.17) is 0 Å². The molecule has 1 saturated heterocycles. The Hall–Kier alpha value is -1.29. The van der Waals surface area contributed by atoms with Gasteiger partial charge >= 0.3 is 0 Å². The molecule has 94 valence electrons. The highest BCUT2D eigenvalue weighted by Gasteiger charge is 2.24. The summed E-state index contributed by atoms with van der Waals surface area (Å²) in [5.74, 6) is 1.07. The van der Waals surface area contributed by atoms with Gasteiger partial charge in [-0.3, -0.25) is 0 Å². The van der Waals surface area contributed by atoms with Gasteiger partial charge in [0, 0.05) is 37.9 Å². The molecule has 1 aliphatic heterocycles. The van der Waals surface area contributed by atoms with Crippen LogP contribution in [0, 0.1) is 6.92 Å². The molecule has 0 radical (unpaired) electrons. The standard InChI is InChI=1S/C13H22N4/c1-5-6-16-7-12(4)15-13(16)17-8-10(2)14-11(3)9-17/h5,7,10-11,14H,1,6,8-9H2,2-4H3. The Kier molecular flexibility index (Phi) is 3.52. The molecule has 4 nitrogen and oxygen atoms in total. The summed E-state index contributed by atoms with van der Waals surface area (Å²) in [6.07, 6.45) is 4.01. The molecule has 2 unspecified atom stereocenters. The molecule has 0 spiro atoms. The van der Waals surface area contributed by atoms with E-state index in [1.165, 1.54) is 0 Å². The predicted octanol–water partition coefficient (Wildman–Crippen LogP) is 1.56. The number of nitrogens with one attached hydrogen (secondary N) is 1. The van der Waals surface area contributed by atoms with Crippen molar-refractivity contribution >= 4 is 5.95 Å². The molecular weight excluding hydrogens is 212 g/mol. The van der Waals surface area contributed by atoms with Crippen molar-refractivity contribution in [2.45, 2.75) is 39.4 Å². The highest BCUT2D eigenvalue weighted by atomic mass is 15.3. The quantitative estimate of drug-likeness (QED) is 0.806. The van der Waals surface area contributed by atoms with Crippen molar-refractivity contribution in [2.24, 2.45) is 0 Å². The van der Waals surface area contributed by atoms with E-state index >= 15 is 0 Å². The van der Waals surface area contributed by atoms with Crippen molar-refractivity contribution < 1.29 is 0 Å². The van der Waals surface area contributed by atoms with Crippen LogP contribution < -0.4 is 10.2 Å². The van der Waals surface area contributed by atoms with E-state index in [9.17, 15) is 0 Å². The number of aryl methyl sites for hydroxylation is 1. The summed E-state index contributed by atoms with van der Waals surface area (Å²) in [4.78, 5) is 7.00. The van der Waals surface area contributed by atoms with Crippen LogP contribution in [0.1, 0.15) is 19.5 Å². The number of rotatable bonds is 3. The van der Waals surface area contributed by atoms with Gasteiger partial charge in [0.05, 0.1) is 5.69 Å². The molecule has 0 saturated carbocycles. The number of aromatic nitrogens is 2. The van der Waals surface area contributed by atoms with Crippen molar-refractivity contribution in [2.75, 3.05) is 18.0 Å². The molecule has 1 aromatic heterocycles.